The van der Waals surface area contributed by atoms with Crippen LogP contribution in [0.4, 0.5) is 0 Å². The van der Waals surface area contributed by atoms with E-state index < -0.39 is 0 Å². The van der Waals surface area contributed by atoms with Gasteiger partial charge in [0.1, 0.15) is 0 Å². The maximum absolute atomic E-state index is 12.4. The van der Waals surface area contributed by atoms with Crippen LogP contribution in [0.2, 0.25) is 0 Å². The lowest BCUT2D eigenvalue weighted by atomic mass is 10.0. The Morgan fingerprint density at radius 1 is 1.30 bits per heavy atom. The van der Waals surface area contributed by atoms with Crippen LogP contribution < -0.4 is 0 Å². The summed E-state index contributed by atoms with van der Waals surface area (Å²) >= 11 is 0. The van der Waals surface area contributed by atoms with Crippen molar-refractivity contribution in [2.24, 2.45) is 0 Å². The van der Waals surface area contributed by atoms with Crippen LogP contribution in [0.1, 0.15) is 22.0 Å². The molecule has 0 bridgehead atoms. The van der Waals surface area contributed by atoms with Gasteiger partial charge in [-0.15, -0.1) is 0 Å². The van der Waals surface area contributed by atoms with E-state index in [1.54, 1.807) is 12.4 Å². The summed E-state index contributed by atoms with van der Waals surface area (Å²) < 4.78 is 0. The summed E-state index contributed by atoms with van der Waals surface area (Å²) in [6.45, 7) is 2.34. The SMILES string of the molecule is CN1CCN(C(=O)c2cn[nH]c2)C[C@H]1c1ccccc1. The first-order chi connectivity index (χ1) is 9.75. The molecule has 2 aromatic rings. The van der Waals surface area contributed by atoms with Gasteiger partial charge >= 0.3 is 0 Å². The second-order valence-electron chi connectivity index (χ2n) is 5.15. The number of nitrogens with one attached hydrogen (secondary N) is 1. The van der Waals surface area contributed by atoms with E-state index in [0.717, 1.165) is 13.1 Å². The first-order valence-electron chi connectivity index (χ1n) is 6.79. The van der Waals surface area contributed by atoms with E-state index in [1.807, 2.05) is 23.1 Å². The molecule has 2 heterocycles. The van der Waals surface area contributed by atoms with E-state index in [0.29, 0.717) is 12.1 Å². The summed E-state index contributed by atoms with van der Waals surface area (Å²) in [5, 5.41) is 6.54. The van der Waals surface area contributed by atoms with Gasteiger partial charge in [0.2, 0.25) is 0 Å². The lowest BCUT2D eigenvalue weighted by Gasteiger charge is -2.39. The molecule has 104 valence electrons. The molecule has 5 heteroatoms. The standard InChI is InChI=1S/C15H18N4O/c1-18-7-8-19(15(20)13-9-16-17-10-13)11-14(18)12-5-3-2-4-6-12/h2-6,9-10,14H,7-8,11H2,1H3,(H,16,17)/t14-/m0/s1. The van der Waals surface area contributed by atoms with Gasteiger partial charge in [-0.2, -0.15) is 5.10 Å². The van der Waals surface area contributed by atoms with E-state index in [4.69, 9.17) is 0 Å². The molecule has 0 unspecified atom stereocenters. The Balaban J connectivity index is 1.78. The number of hydrogen-bond donors (Lipinski definition) is 1. The molecule has 3 rings (SSSR count). The van der Waals surface area contributed by atoms with Gasteiger partial charge in [-0.25, -0.2) is 0 Å². The van der Waals surface area contributed by atoms with E-state index in [1.165, 1.54) is 5.56 Å². The number of H-pyrrole nitrogens is 1. The molecule has 1 atom stereocenters. The highest BCUT2D eigenvalue weighted by Crippen LogP contribution is 2.24. The number of aromatic amines is 1. The predicted molar refractivity (Wildman–Crippen MR) is 76.3 cm³/mol. The fourth-order valence-corrected chi connectivity index (χ4v) is 2.64. The number of carbonyl (C=O) groups is 1. The van der Waals surface area contributed by atoms with Gasteiger partial charge < -0.3 is 4.90 Å². The molecule has 1 saturated heterocycles. The van der Waals surface area contributed by atoms with Crippen molar-refractivity contribution in [2.75, 3.05) is 26.7 Å². The molecule has 5 nitrogen and oxygen atoms in total. The average Bonchev–Trinajstić information content (AvgIpc) is 3.02. The van der Waals surface area contributed by atoms with Crippen LogP contribution in [0, 0.1) is 0 Å². The zero-order valence-corrected chi connectivity index (χ0v) is 11.5. The lowest BCUT2D eigenvalue weighted by molar-refractivity contribution is 0.0546. The summed E-state index contributed by atoms with van der Waals surface area (Å²) in [4.78, 5) is 16.6. The first-order valence-corrected chi connectivity index (χ1v) is 6.79. The third kappa shape index (κ3) is 2.44. The summed E-state index contributed by atoms with van der Waals surface area (Å²) in [5.74, 6) is 0.0489. The van der Waals surface area contributed by atoms with E-state index >= 15 is 0 Å². The van der Waals surface area contributed by atoms with E-state index in [9.17, 15) is 4.79 Å². The van der Waals surface area contributed by atoms with Crippen molar-refractivity contribution in [1.82, 2.24) is 20.0 Å². The van der Waals surface area contributed by atoms with Crippen LogP contribution in [-0.2, 0) is 0 Å². The second-order valence-corrected chi connectivity index (χ2v) is 5.15. The van der Waals surface area contributed by atoms with Crippen molar-refractivity contribution >= 4 is 5.91 Å². The van der Waals surface area contributed by atoms with Gasteiger partial charge in [0.15, 0.2) is 0 Å². The Labute approximate surface area is 118 Å². The topological polar surface area (TPSA) is 52.2 Å². The Morgan fingerprint density at radius 2 is 2.10 bits per heavy atom. The zero-order chi connectivity index (χ0) is 13.9. The average molecular weight is 270 g/mol. The Bertz CT molecular complexity index is 567. The number of piperazine rings is 1. The number of hydrogen-bond acceptors (Lipinski definition) is 3. The number of carbonyl (C=O) groups excluding carboxylic acids is 1. The molecule has 1 aliphatic rings. The fourth-order valence-electron chi connectivity index (χ4n) is 2.64. The van der Waals surface area contributed by atoms with Crippen molar-refractivity contribution in [3.63, 3.8) is 0 Å². The molecule has 0 saturated carbocycles. The summed E-state index contributed by atoms with van der Waals surface area (Å²) in [6, 6.07) is 10.6. The van der Waals surface area contributed by atoms with Crippen LogP contribution in [0.25, 0.3) is 0 Å². The number of amides is 1. The minimum atomic E-state index is 0.0489. The predicted octanol–water partition coefficient (Wildman–Crippen LogP) is 1.54. The smallest absolute Gasteiger partial charge is 0.257 e. The molecule has 1 amide bonds. The number of benzene rings is 1. The third-order valence-electron chi connectivity index (χ3n) is 3.86. The maximum Gasteiger partial charge on any atom is 0.257 e. The van der Waals surface area contributed by atoms with Crippen LogP contribution in [0.15, 0.2) is 42.7 Å². The third-order valence-corrected chi connectivity index (χ3v) is 3.86. The Morgan fingerprint density at radius 3 is 2.80 bits per heavy atom. The Kier molecular flexibility index (Phi) is 3.52. The van der Waals surface area contributed by atoms with E-state index in [-0.39, 0.29) is 11.9 Å². The maximum atomic E-state index is 12.4. The second kappa shape index (κ2) is 5.46. The van der Waals surface area contributed by atoms with Crippen molar-refractivity contribution in [3.05, 3.63) is 53.9 Å². The summed E-state index contributed by atoms with van der Waals surface area (Å²) in [5.41, 5.74) is 1.88. The quantitative estimate of drug-likeness (QED) is 0.900. The van der Waals surface area contributed by atoms with Gasteiger partial charge in [-0.1, -0.05) is 30.3 Å². The summed E-state index contributed by atoms with van der Waals surface area (Å²) in [7, 11) is 2.11. The van der Waals surface area contributed by atoms with Gasteiger partial charge in [0, 0.05) is 25.8 Å². The molecular weight excluding hydrogens is 252 g/mol. The number of nitrogens with zero attached hydrogens (tertiary/aromatic N) is 3. The minimum absolute atomic E-state index is 0.0489. The molecule has 0 radical (unpaired) electrons. The molecule has 1 aromatic carbocycles. The van der Waals surface area contributed by atoms with Crippen LogP contribution in [0.5, 0.6) is 0 Å². The molecule has 0 aliphatic carbocycles. The monoisotopic (exact) mass is 270 g/mol. The zero-order valence-electron chi connectivity index (χ0n) is 11.5. The van der Waals surface area contributed by atoms with Gasteiger partial charge in [0.25, 0.3) is 5.91 Å². The van der Waals surface area contributed by atoms with Crippen molar-refractivity contribution in [3.8, 4) is 0 Å². The molecule has 1 aromatic heterocycles. The van der Waals surface area contributed by atoms with Crippen LogP contribution in [0.3, 0.4) is 0 Å². The lowest BCUT2D eigenvalue weighted by Crippen LogP contribution is -2.48. The number of likely N-dealkylation sites (N-methyl/N-ethyl adjacent to an activating group) is 1. The largest absolute Gasteiger partial charge is 0.335 e. The van der Waals surface area contributed by atoms with E-state index in [2.05, 4.69) is 34.3 Å². The molecular formula is C15H18N4O. The van der Waals surface area contributed by atoms with Crippen molar-refractivity contribution < 1.29 is 4.79 Å². The van der Waals surface area contributed by atoms with Crippen molar-refractivity contribution in [1.29, 1.82) is 0 Å². The highest BCUT2D eigenvalue weighted by molar-refractivity contribution is 5.93. The minimum Gasteiger partial charge on any atom is -0.335 e. The Hall–Kier alpha value is -2.14. The molecule has 0 spiro atoms. The molecule has 1 N–H and O–H groups in total. The van der Waals surface area contributed by atoms with Crippen LogP contribution >= 0.6 is 0 Å². The van der Waals surface area contributed by atoms with Gasteiger partial charge in [0.05, 0.1) is 17.8 Å². The number of aromatic nitrogens is 2. The summed E-state index contributed by atoms with van der Waals surface area (Å²) in [6.07, 6.45) is 3.23. The van der Waals surface area contributed by atoms with Gasteiger partial charge in [-0.05, 0) is 12.6 Å². The van der Waals surface area contributed by atoms with Crippen molar-refractivity contribution in [2.45, 2.75) is 6.04 Å². The first kappa shape index (κ1) is 12.9. The molecule has 20 heavy (non-hydrogen) atoms. The highest BCUT2D eigenvalue weighted by atomic mass is 16.2. The number of rotatable bonds is 2. The molecule has 1 fully saturated rings. The van der Waals surface area contributed by atoms with Crippen LogP contribution in [-0.4, -0.2) is 52.6 Å². The normalized spacial score (nSPS) is 20.1. The highest BCUT2D eigenvalue weighted by Gasteiger charge is 2.29. The fraction of sp³-hybridized carbons (Fsp3) is 0.333. The van der Waals surface area contributed by atoms with Gasteiger partial charge in [-0.3, -0.25) is 14.8 Å². The molecule has 1 aliphatic heterocycles.